The summed E-state index contributed by atoms with van der Waals surface area (Å²) >= 11 is 1.37. The number of thiophene rings is 1. The van der Waals surface area contributed by atoms with Crippen LogP contribution in [0.5, 0.6) is 0 Å². The maximum Gasteiger partial charge on any atom is 0.265 e. The van der Waals surface area contributed by atoms with Crippen molar-refractivity contribution < 1.29 is 15.0 Å². The lowest BCUT2D eigenvalue weighted by Crippen LogP contribution is -2.34. The van der Waals surface area contributed by atoms with Crippen molar-refractivity contribution in [2.24, 2.45) is 0 Å². The first kappa shape index (κ1) is 16.7. The van der Waals surface area contributed by atoms with Gasteiger partial charge in [-0.05, 0) is 17.9 Å². The number of nitrogens with zero attached hydrogens (tertiary/aromatic N) is 1. The molecule has 110 valence electrons. The third-order valence-corrected chi connectivity index (χ3v) is 3.66. The fraction of sp³-hybridized carbons (Fsp3) is 0.533. The molecule has 1 heterocycles. The van der Waals surface area contributed by atoms with Gasteiger partial charge in [0.15, 0.2) is 0 Å². The fourth-order valence-electron chi connectivity index (χ4n) is 1.72. The molecule has 0 spiro atoms. The Kier molecular flexibility index (Phi) is 7.97. The Morgan fingerprint density at radius 2 is 2.15 bits per heavy atom. The van der Waals surface area contributed by atoms with E-state index in [0.29, 0.717) is 30.0 Å². The van der Waals surface area contributed by atoms with Crippen LogP contribution in [0.4, 0.5) is 0 Å². The second kappa shape index (κ2) is 9.54. The van der Waals surface area contributed by atoms with Crippen LogP contribution in [-0.2, 0) is 0 Å². The van der Waals surface area contributed by atoms with Gasteiger partial charge in [0, 0.05) is 25.1 Å². The molecule has 1 amide bonds. The SMILES string of the molecule is CCCCN(CCO)C(=O)c1sccc1C#CCCO. The molecule has 0 radical (unpaired) electrons. The minimum Gasteiger partial charge on any atom is -0.395 e. The molecule has 0 aromatic carbocycles. The first-order valence-electron chi connectivity index (χ1n) is 6.82. The number of carbonyl (C=O) groups excluding carboxylic acids is 1. The van der Waals surface area contributed by atoms with E-state index in [1.165, 1.54) is 11.3 Å². The van der Waals surface area contributed by atoms with E-state index in [0.717, 1.165) is 12.8 Å². The highest BCUT2D eigenvalue weighted by Crippen LogP contribution is 2.18. The summed E-state index contributed by atoms with van der Waals surface area (Å²) in [5.74, 6) is 5.68. The van der Waals surface area contributed by atoms with Crippen molar-refractivity contribution in [3.63, 3.8) is 0 Å². The van der Waals surface area contributed by atoms with Crippen LogP contribution < -0.4 is 0 Å². The van der Waals surface area contributed by atoms with E-state index in [-0.39, 0.29) is 19.1 Å². The molecule has 0 fully saturated rings. The van der Waals surface area contributed by atoms with E-state index in [1.54, 1.807) is 4.90 Å². The van der Waals surface area contributed by atoms with Gasteiger partial charge in [0.2, 0.25) is 0 Å². The van der Waals surface area contributed by atoms with Crippen LogP contribution in [0.1, 0.15) is 41.4 Å². The van der Waals surface area contributed by atoms with E-state index in [4.69, 9.17) is 10.2 Å². The predicted octanol–water partition coefficient (Wildman–Crippen LogP) is 1.72. The minimum absolute atomic E-state index is 0.0214. The number of aliphatic hydroxyl groups is 2. The van der Waals surface area contributed by atoms with Gasteiger partial charge in [-0.3, -0.25) is 4.79 Å². The smallest absolute Gasteiger partial charge is 0.265 e. The van der Waals surface area contributed by atoms with Crippen LogP contribution in [0.2, 0.25) is 0 Å². The maximum atomic E-state index is 12.5. The van der Waals surface area contributed by atoms with Gasteiger partial charge < -0.3 is 15.1 Å². The van der Waals surface area contributed by atoms with Gasteiger partial charge in [-0.2, -0.15) is 0 Å². The van der Waals surface area contributed by atoms with Gasteiger partial charge in [-0.25, -0.2) is 0 Å². The first-order chi connectivity index (χ1) is 9.74. The second-order valence-corrected chi connectivity index (χ2v) is 5.22. The summed E-state index contributed by atoms with van der Waals surface area (Å²) in [7, 11) is 0. The molecule has 1 rings (SSSR count). The first-order valence-corrected chi connectivity index (χ1v) is 7.69. The molecule has 4 nitrogen and oxygen atoms in total. The molecule has 0 saturated heterocycles. The van der Waals surface area contributed by atoms with Gasteiger partial charge in [-0.1, -0.05) is 25.2 Å². The molecule has 0 aliphatic heterocycles. The number of unbranched alkanes of at least 4 members (excludes halogenated alkanes) is 1. The molecular formula is C15H21NO3S. The van der Waals surface area contributed by atoms with Gasteiger partial charge in [0.1, 0.15) is 4.88 Å². The van der Waals surface area contributed by atoms with Crippen molar-refractivity contribution in [3.8, 4) is 11.8 Å². The topological polar surface area (TPSA) is 60.8 Å². The molecule has 1 aromatic rings. The molecule has 5 heteroatoms. The molecule has 20 heavy (non-hydrogen) atoms. The van der Waals surface area contributed by atoms with Crippen molar-refractivity contribution in [1.82, 2.24) is 4.90 Å². The average Bonchev–Trinajstić information content (AvgIpc) is 2.91. The summed E-state index contributed by atoms with van der Waals surface area (Å²) in [4.78, 5) is 14.7. The standard InChI is InChI=1S/C15H21NO3S/c1-2-3-8-16(9-11-18)15(19)14-13(7-12-20-14)6-4-5-10-17/h7,12,17-18H,2-3,5,8-11H2,1H3. The third kappa shape index (κ3) is 4.97. The summed E-state index contributed by atoms with van der Waals surface area (Å²) in [6, 6.07) is 1.82. The normalized spacial score (nSPS) is 9.95. The molecule has 0 atom stereocenters. The molecule has 0 saturated carbocycles. The zero-order valence-corrected chi connectivity index (χ0v) is 12.6. The summed E-state index contributed by atoms with van der Waals surface area (Å²) in [6.07, 6.45) is 2.32. The number of aliphatic hydroxyl groups excluding tert-OH is 2. The molecule has 1 aromatic heterocycles. The average molecular weight is 295 g/mol. The lowest BCUT2D eigenvalue weighted by Gasteiger charge is -2.21. The van der Waals surface area contributed by atoms with Gasteiger partial charge in [-0.15, -0.1) is 11.3 Å². The highest BCUT2D eigenvalue weighted by atomic mass is 32.1. The molecule has 0 aliphatic carbocycles. The van der Waals surface area contributed by atoms with Crippen LogP contribution in [0.3, 0.4) is 0 Å². The van der Waals surface area contributed by atoms with Crippen molar-refractivity contribution in [3.05, 3.63) is 21.9 Å². The third-order valence-electron chi connectivity index (χ3n) is 2.76. The number of hydrogen-bond acceptors (Lipinski definition) is 4. The lowest BCUT2D eigenvalue weighted by molar-refractivity contribution is 0.0724. The molecule has 0 bridgehead atoms. The zero-order valence-electron chi connectivity index (χ0n) is 11.8. The van der Waals surface area contributed by atoms with Gasteiger partial charge in [0.25, 0.3) is 5.91 Å². The van der Waals surface area contributed by atoms with Crippen molar-refractivity contribution in [1.29, 1.82) is 0 Å². The van der Waals surface area contributed by atoms with Crippen LogP contribution in [-0.4, -0.2) is 47.3 Å². The number of amides is 1. The van der Waals surface area contributed by atoms with Crippen LogP contribution in [0.15, 0.2) is 11.4 Å². The quantitative estimate of drug-likeness (QED) is 0.753. The van der Waals surface area contributed by atoms with Gasteiger partial charge in [0.05, 0.1) is 13.2 Å². The number of rotatable bonds is 7. The Bertz CT molecular complexity index is 473. The molecular weight excluding hydrogens is 274 g/mol. The summed E-state index contributed by atoms with van der Waals surface area (Å²) in [6.45, 7) is 3.05. The van der Waals surface area contributed by atoms with Crippen LogP contribution in [0, 0.1) is 11.8 Å². The van der Waals surface area contributed by atoms with Gasteiger partial charge >= 0.3 is 0 Å². The Balaban J connectivity index is 2.84. The monoisotopic (exact) mass is 295 g/mol. The Hall–Kier alpha value is -1.35. The second-order valence-electron chi connectivity index (χ2n) is 4.31. The van der Waals surface area contributed by atoms with E-state index in [1.807, 2.05) is 11.4 Å². The molecule has 0 unspecified atom stereocenters. The predicted molar refractivity (Wildman–Crippen MR) is 80.8 cm³/mol. The van der Waals surface area contributed by atoms with E-state index in [2.05, 4.69) is 18.8 Å². The summed E-state index contributed by atoms with van der Waals surface area (Å²) < 4.78 is 0. The van der Waals surface area contributed by atoms with E-state index in [9.17, 15) is 4.79 Å². The van der Waals surface area contributed by atoms with E-state index < -0.39 is 0 Å². The van der Waals surface area contributed by atoms with E-state index >= 15 is 0 Å². The molecule has 2 N–H and O–H groups in total. The maximum absolute atomic E-state index is 12.5. The highest BCUT2D eigenvalue weighted by Gasteiger charge is 2.18. The minimum atomic E-state index is -0.0733. The lowest BCUT2D eigenvalue weighted by atomic mass is 10.2. The number of carbonyl (C=O) groups is 1. The van der Waals surface area contributed by atoms with Crippen LogP contribution in [0.25, 0.3) is 0 Å². The summed E-state index contributed by atoms with van der Waals surface area (Å²) in [5, 5.41) is 19.6. The van der Waals surface area contributed by atoms with Crippen molar-refractivity contribution in [2.45, 2.75) is 26.2 Å². The Morgan fingerprint density at radius 3 is 2.80 bits per heavy atom. The number of hydrogen-bond donors (Lipinski definition) is 2. The van der Waals surface area contributed by atoms with Crippen molar-refractivity contribution in [2.75, 3.05) is 26.3 Å². The summed E-state index contributed by atoms with van der Waals surface area (Å²) in [5.41, 5.74) is 0.702. The Labute approximate surface area is 124 Å². The fourth-order valence-corrected chi connectivity index (χ4v) is 2.53. The zero-order chi connectivity index (χ0) is 14.8. The highest BCUT2D eigenvalue weighted by molar-refractivity contribution is 7.12. The Morgan fingerprint density at radius 1 is 1.35 bits per heavy atom. The molecule has 0 aliphatic rings. The van der Waals surface area contributed by atoms with Crippen molar-refractivity contribution >= 4 is 17.2 Å². The van der Waals surface area contributed by atoms with Crippen LogP contribution >= 0.6 is 11.3 Å². The largest absolute Gasteiger partial charge is 0.395 e.